The van der Waals surface area contributed by atoms with Gasteiger partial charge in [-0.3, -0.25) is 4.79 Å². The van der Waals surface area contributed by atoms with E-state index in [1.54, 1.807) is 30.1 Å². The summed E-state index contributed by atoms with van der Waals surface area (Å²) >= 11 is 3.09. The van der Waals surface area contributed by atoms with Gasteiger partial charge < -0.3 is 9.84 Å². The largest absolute Gasteiger partial charge is 0.361 e. The highest BCUT2D eigenvalue weighted by molar-refractivity contribution is 7.98. The van der Waals surface area contributed by atoms with Crippen molar-refractivity contribution >= 4 is 35.1 Å². The highest BCUT2D eigenvalue weighted by atomic mass is 32.2. The Morgan fingerprint density at radius 3 is 2.88 bits per heavy atom. The van der Waals surface area contributed by atoms with E-state index in [1.807, 2.05) is 43.5 Å². The van der Waals surface area contributed by atoms with Gasteiger partial charge in [0.25, 0.3) is 5.91 Å². The van der Waals surface area contributed by atoms with Crippen LogP contribution in [0.3, 0.4) is 0 Å². The topological polar surface area (TPSA) is 68.0 Å². The molecule has 1 aromatic carbocycles. The lowest BCUT2D eigenvalue weighted by Gasteiger charge is -2.09. The number of anilines is 1. The average molecular weight is 371 g/mol. The Bertz CT molecular complexity index is 880. The van der Waals surface area contributed by atoms with Gasteiger partial charge in [-0.25, -0.2) is 4.98 Å². The summed E-state index contributed by atoms with van der Waals surface area (Å²) in [4.78, 5) is 18.1. The quantitative estimate of drug-likeness (QED) is 0.637. The maximum Gasteiger partial charge on any atom is 0.258 e. The van der Waals surface area contributed by atoms with Crippen LogP contribution in [0.4, 0.5) is 5.69 Å². The van der Waals surface area contributed by atoms with Gasteiger partial charge in [-0.05, 0) is 43.5 Å². The van der Waals surface area contributed by atoms with Crippen LogP contribution in [0.15, 0.2) is 63.1 Å². The molecule has 2 aromatic heterocycles. The second kappa shape index (κ2) is 8.22. The van der Waals surface area contributed by atoms with E-state index in [1.165, 1.54) is 11.8 Å². The third-order valence-corrected chi connectivity index (χ3v) is 5.14. The zero-order valence-electron chi connectivity index (χ0n) is 13.9. The number of carbonyl (C=O) groups excluding carboxylic acids is 1. The van der Waals surface area contributed by atoms with Crippen LogP contribution in [0.1, 0.15) is 21.8 Å². The number of benzene rings is 1. The van der Waals surface area contributed by atoms with Crippen LogP contribution in [0.2, 0.25) is 0 Å². The Hall–Kier alpha value is -2.25. The van der Waals surface area contributed by atoms with Gasteiger partial charge in [0, 0.05) is 28.6 Å². The molecule has 0 aliphatic heterocycles. The van der Waals surface area contributed by atoms with E-state index < -0.39 is 0 Å². The number of hydrogen-bond acceptors (Lipinski definition) is 6. The lowest BCUT2D eigenvalue weighted by molar-refractivity contribution is 0.102. The molecule has 0 unspecified atom stereocenters. The number of pyridine rings is 1. The minimum Gasteiger partial charge on any atom is -0.361 e. The highest BCUT2D eigenvalue weighted by Crippen LogP contribution is 2.25. The van der Waals surface area contributed by atoms with E-state index in [-0.39, 0.29) is 5.91 Å². The third kappa shape index (κ3) is 4.64. The van der Waals surface area contributed by atoms with Crippen molar-refractivity contribution in [3.05, 3.63) is 65.7 Å². The minimum absolute atomic E-state index is 0.176. The Kier molecular flexibility index (Phi) is 5.78. The summed E-state index contributed by atoms with van der Waals surface area (Å²) < 4.78 is 5.07. The molecule has 25 heavy (non-hydrogen) atoms. The molecule has 0 radical (unpaired) electrons. The molecule has 0 bridgehead atoms. The molecule has 0 saturated carbocycles. The van der Waals surface area contributed by atoms with Gasteiger partial charge in [-0.2, -0.15) is 0 Å². The first-order chi connectivity index (χ1) is 12.2. The van der Waals surface area contributed by atoms with Crippen molar-refractivity contribution in [2.45, 2.75) is 22.6 Å². The summed E-state index contributed by atoms with van der Waals surface area (Å²) in [6, 6.07) is 13.2. The molecule has 0 aliphatic rings. The van der Waals surface area contributed by atoms with Crippen LogP contribution in [-0.2, 0) is 5.75 Å². The molecule has 5 nitrogen and oxygen atoms in total. The van der Waals surface area contributed by atoms with Crippen molar-refractivity contribution in [1.82, 2.24) is 10.1 Å². The first-order valence-corrected chi connectivity index (χ1v) is 9.82. The van der Waals surface area contributed by atoms with Crippen molar-refractivity contribution < 1.29 is 9.32 Å². The predicted octanol–water partition coefficient (Wildman–Crippen LogP) is 4.64. The van der Waals surface area contributed by atoms with Gasteiger partial charge >= 0.3 is 0 Å². The maximum absolute atomic E-state index is 12.6. The number of nitrogens with one attached hydrogen (secondary N) is 1. The molecule has 0 saturated heterocycles. The fourth-order valence-corrected chi connectivity index (χ4v) is 3.54. The molecule has 0 fully saturated rings. The number of thioether (sulfide) groups is 2. The smallest absolute Gasteiger partial charge is 0.258 e. The van der Waals surface area contributed by atoms with Gasteiger partial charge in [0.2, 0.25) is 0 Å². The van der Waals surface area contributed by atoms with E-state index in [0.29, 0.717) is 16.3 Å². The van der Waals surface area contributed by atoms with E-state index in [9.17, 15) is 4.79 Å². The number of carbonyl (C=O) groups is 1. The van der Waals surface area contributed by atoms with Gasteiger partial charge in [0.1, 0.15) is 10.8 Å². The lowest BCUT2D eigenvalue weighted by Crippen LogP contribution is -2.13. The van der Waals surface area contributed by atoms with Crippen LogP contribution >= 0.6 is 23.5 Å². The fourth-order valence-electron chi connectivity index (χ4n) is 2.21. The standard InChI is InChI=1S/C18H17N3O2S2/c1-12-9-14(21-23-12)11-25-18-16(7-4-8-19-18)17(22)20-13-5-3-6-15(10-13)24-2/h3-10H,11H2,1-2H3,(H,20,22). The van der Waals surface area contributed by atoms with Gasteiger partial charge in [-0.1, -0.05) is 23.0 Å². The monoisotopic (exact) mass is 371 g/mol. The number of rotatable bonds is 6. The number of nitrogens with zero attached hydrogens (tertiary/aromatic N) is 2. The molecular weight excluding hydrogens is 354 g/mol. The zero-order chi connectivity index (χ0) is 17.6. The summed E-state index contributed by atoms with van der Waals surface area (Å²) in [5, 5.41) is 7.57. The van der Waals surface area contributed by atoms with E-state index in [4.69, 9.17) is 4.52 Å². The van der Waals surface area contributed by atoms with Crippen LogP contribution < -0.4 is 5.32 Å². The van der Waals surface area contributed by atoms with Crippen LogP contribution in [0.5, 0.6) is 0 Å². The van der Waals surface area contributed by atoms with Crippen molar-refractivity contribution in [2.24, 2.45) is 0 Å². The zero-order valence-corrected chi connectivity index (χ0v) is 15.5. The molecule has 1 N–H and O–H groups in total. The average Bonchev–Trinajstić information content (AvgIpc) is 3.05. The van der Waals surface area contributed by atoms with E-state index in [2.05, 4.69) is 15.5 Å². The Balaban J connectivity index is 1.73. The first-order valence-electron chi connectivity index (χ1n) is 7.61. The molecule has 3 aromatic rings. The fraction of sp³-hybridized carbons (Fsp3) is 0.167. The molecule has 0 atom stereocenters. The Morgan fingerprint density at radius 2 is 2.12 bits per heavy atom. The molecular formula is C18H17N3O2S2. The number of hydrogen-bond donors (Lipinski definition) is 1. The van der Waals surface area contributed by atoms with Crippen molar-refractivity contribution in [3.63, 3.8) is 0 Å². The lowest BCUT2D eigenvalue weighted by atomic mass is 10.2. The van der Waals surface area contributed by atoms with E-state index >= 15 is 0 Å². The van der Waals surface area contributed by atoms with Crippen molar-refractivity contribution in [3.8, 4) is 0 Å². The SMILES string of the molecule is CSc1cccc(NC(=O)c2cccnc2SCc2cc(C)on2)c1. The molecule has 1 amide bonds. The molecule has 7 heteroatoms. The van der Waals surface area contributed by atoms with E-state index in [0.717, 1.165) is 22.0 Å². The second-order valence-electron chi connectivity index (χ2n) is 5.26. The number of aryl methyl sites for hydroxylation is 1. The Labute approximate surface area is 154 Å². The summed E-state index contributed by atoms with van der Waals surface area (Å²) in [6.07, 6.45) is 3.68. The van der Waals surface area contributed by atoms with Crippen LogP contribution in [0, 0.1) is 6.92 Å². The third-order valence-electron chi connectivity index (χ3n) is 3.38. The normalized spacial score (nSPS) is 10.6. The van der Waals surface area contributed by atoms with Crippen molar-refractivity contribution in [2.75, 3.05) is 11.6 Å². The number of aromatic nitrogens is 2. The van der Waals surface area contributed by atoms with Gasteiger partial charge in [0.15, 0.2) is 0 Å². The van der Waals surface area contributed by atoms with Gasteiger partial charge in [0.05, 0.1) is 11.3 Å². The molecule has 0 aliphatic carbocycles. The number of amides is 1. The summed E-state index contributed by atoms with van der Waals surface area (Å²) in [6.45, 7) is 1.85. The summed E-state index contributed by atoms with van der Waals surface area (Å²) in [5.41, 5.74) is 2.14. The van der Waals surface area contributed by atoms with Crippen molar-refractivity contribution in [1.29, 1.82) is 0 Å². The highest BCUT2D eigenvalue weighted by Gasteiger charge is 2.14. The molecule has 128 valence electrons. The van der Waals surface area contributed by atoms with Crippen LogP contribution in [0.25, 0.3) is 0 Å². The summed E-state index contributed by atoms with van der Waals surface area (Å²) in [7, 11) is 0. The van der Waals surface area contributed by atoms with Crippen LogP contribution in [-0.4, -0.2) is 22.3 Å². The first kappa shape index (κ1) is 17.6. The summed E-state index contributed by atoms with van der Waals surface area (Å²) in [5.74, 6) is 1.18. The predicted molar refractivity (Wildman–Crippen MR) is 101 cm³/mol. The Morgan fingerprint density at radius 1 is 1.24 bits per heavy atom. The minimum atomic E-state index is -0.176. The second-order valence-corrected chi connectivity index (χ2v) is 7.10. The molecule has 3 rings (SSSR count). The van der Waals surface area contributed by atoms with Gasteiger partial charge in [-0.15, -0.1) is 11.8 Å². The molecule has 2 heterocycles. The maximum atomic E-state index is 12.6. The molecule has 0 spiro atoms.